The van der Waals surface area contributed by atoms with Crippen molar-refractivity contribution in [2.45, 2.75) is 6.92 Å². The fraction of sp³-hybridized carbons (Fsp3) is 0.357. The molecule has 0 aromatic carbocycles. The molecule has 3 heterocycles. The van der Waals surface area contributed by atoms with E-state index in [1.165, 1.54) is 0 Å². The largest absolute Gasteiger partial charge is 0.385 e. The maximum absolute atomic E-state index is 4.20. The Morgan fingerprint density at radius 1 is 1.16 bits per heavy atom. The predicted molar refractivity (Wildman–Crippen MR) is 75.2 cm³/mol. The van der Waals surface area contributed by atoms with Crippen LogP contribution < -0.4 is 10.2 Å². The summed E-state index contributed by atoms with van der Waals surface area (Å²) in [6.07, 6.45) is 3.61. The minimum Gasteiger partial charge on any atom is -0.385 e. The van der Waals surface area contributed by atoms with E-state index in [1.54, 1.807) is 12.4 Å². The molecule has 0 radical (unpaired) electrons. The van der Waals surface area contributed by atoms with Crippen LogP contribution in [0.4, 0.5) is 11.5 Å². The number of aromatic nitrogens is 3. The van der Waals surface area contributed by atoms with E-state index in [9.17, 15) is 0 Å². The van der Waals surface area contributed by atoms with E-state index in [4.69, 9.17) is 0 Å². The minimum absolute atomic E-state index is 0.663. The predicted octanol–water partition coefficient (Wildman–Crippen LogP) is 1.73. The van der Waals surface area contributed by atoms with Gasteiger partial charge in [0.25, 0.3) is 0 Å². The molecule has 0 atom stereocenters. The van der Waals surface area contributed by atoms with Crippen molar-refractivity contribution in [2.75, 3.05) is 29.9 Å². The second-order valence-corrected chi connectivity index (χ2v) is 4.92. The van der Waals surface area contributed by atoms with E-state index < -0.39 is 0 Å². The van der Waals surface area contributed by atoms with Crippen molar-refractivity contribution >= 4 is 11.5 Å². The quantitative estimate of drug-likeness (QED) is 0.901. The molecule has 0 aliphatic carbocycles. The Kier molecular flexibility index (Phi) is 3.27. The zero-order valence-electron chi connectivity index (χ0n) is 11.0. The molecular formula is C14H17N5. The number of pyridine rings is 1. The van der Waals surface area contributed by atoms with Crippen LogP contribution in [0.5, 0.6) is 0 Å². The summed E-state index contributed by atoms with van der Waals surface area (Å²) >= 11 is 0. The van der Waals surface area contributed by atoms with Crippen molar-refractivity contribution < 1.29 is 0 Å². The monoisotopic (exact) mass is 255 g/mol. The summed E-state index contributed by atoms with van der Waals surface area (Å²) in [5.74, 6) is 1.64. The van der Waals surface area contributed by atoms with Gasteiger partial charge < -0.3 is 10.2 Å². The lowest BCUT2D eigenvalue weighted by molar-refractivity contribution is 0.425. The van der Waals surface area contributed by atoms with Crippen LogP contribution in [0.1, 0.15) is 5.69 Å². The molecule has 0 saturated carbocycles. The van der Waals surface area contributed by atoms with Gasteiger partial charge >= 0.3 is 0 Å². The highest BCUT2D eigenvalue weighted by Gasteiger charge is 2.27. The first-order valence-corrected chi connectivity index (χ1v) is 6.50. The fourth-order valence-electron chi connectivity index (χ4n) is 2.18. The van der Waals surface area contributed by atoms with Crippen molar-refractivity contribution in [2.24, 2.45) is 5.92 Å². The number of rotatable bonds is 4. The van der Waals surface area contributed by atoms with E-state index in [-0.39, 0.29) is 0 Å². The Labute approximate surface area is 112 Å². The van der Waals surface area contributed by atoms with Crippen molar-refractivity contribution in [3.05, 3.63) is 42.4 Å². The summed E-state index contributed by atoms with van der Waals surface area (Å²) in [5.41, 5.74) is 2.09. The Balaban J connectivity index is 1.47. The molecule has 1 fully saturated rings. The van der Waals surface area contributed by atoms with Crippen LogP contribution in [0, 0.1) is 12.8 Å². The highest BCUT2D eigenvalue weighted by atomic mass is 15.3. The maximum atomic E-state index is 4.20. The highest BCUT2D eigenvalue weighted by molar-refractivity contribution is 5.43. The van der Waals surface area contributed by atoms with Crippen LogP contribution in [0.2, 0.25) is 0 Å². The minimum atomic E-state index is 0.663. The van der Waals surface area contributed by atoms with Gasteiger partial charge in [0.05, 0.1) is 5.69 Å². The van der Waals surface area contributed by atoms with Crippen LogP contribution in [0.25, 0.3) is 0 Å². The maximum Gasteiger partial charge on any atom is 0.151 e. The third-order valence-electron chi connectivity index (χ3n) is 3.34. The number of anilines is 2. The van der Waals surface area contributed by atoms with Gasteiger partial charge in [-0.05, 0) is 31.2 Å². The van der Waals surface area contributed by atoms with E-state index >= 15 is 0 Å². The summed E-state index contributed by atoms with van der Waals surface area (Å²) in [6.45, 7) is 5.01. The third kappa shape index (κ3) is 2.81. The average molecular weight is 255 g/mol. The normalized spacial score (nSPS) is 15.1. The van der Waals surface area contributed by atoms with Crippen LogP contribution in [-0.4, -0.2) is 34.8 Å². The van der Waals surface area contributed by atoms with Crippen LogP contribution >= 0.6 is 0 Å². The molecule has 19 heavy (non-hydrogen) atoms. The molecule has 0 spiro atoms. The number of aryl methyl sites for hydroxylation is 1. The first kappa shape index (κ1) is 11.9. The van der Waals surface area contributed by atoms with Gasteiger partial charge in [-0.1, -0.05) is 0 Å². The molecule has 5 heteroatoms. The molecule has 0 amide bonds. The molecule has 2 aromatic rings. The van der Waals surface area contributed by atoms with Crippen molar-refractivity contribution in [3.8, 4) is 0 Å². The molecule has 1 N–H and O–H groups in total. The lowest BCUT2D eigenvalue weighted by Gasteiger charge is -2.40. The van der Waals surface area contributed by atoms with Gasteiger partial charge in [-0.2, -0.15) is 5.10 Å². The SMILES string of the molecule is Cc1ccc(N2CC(CNc3ccncc3)C2)nn1. The Hall–Kier alpha value is -2.17. The Morgan fingerprint density at radius 2 is 1.95 bits per heavy atom. The number of nitrogens with zero attached hydrogens (tertiary/aromatic N) is 4. The smallest absolute Gasteiger partial charge is 0.151 e. The molecule has 3 rings (SSSR count). The molecule has 98 valence electrons. The van der Waals surface area contributed by atoms with E-state index in [2.05, 4.69) is 25.4 Å². The van der Waals surface area contributed by atoms with Crippen molar-refractivity contribution in [1.82, 2.24) is 15.2 Å². The zero-order chi connectivity index (χ0) is 13.1. The summed E-state index contributed by atoms with van der Waals surface area (Å²) in [7, 11) is 0. The lowest BCUT2D eigenvalue weighted by atomic mass is 10.00. The second-order valence-electron chi connectivity index (χ2n) is 4.92. The van der Waals surface area contributed by atoms with Gasteiger partial charge in [0.15, 0.2) is 5.82 Å². The third-order valence-corrected chi connectivity index (χ3v) is 3.34. The van der Waals surface area contributed by atoms with Crippen LogP contribution in [-0.2, 0) is 0 Å². The fourth-order valence-corrected chi connectivity index (χ4v) is 2.18. The average Bonchev–Trinajstić information content (AvgIpc) is 2.40. The first-order valence-electron chi connectivity index (χ1n) is 6.50. The van der Waals surface area contributed by atoms with Gasteiger partial charge in [0.1, 0.15) is 0 Å². The van der Waals surface area contributed by atoms with E-state index in [0.717, 1.165) is 36.8 Å². The Bertz CT molecular complexity index is 519. The van der Waals surface area contributed by atoms with Crippen LogP contribution in [0.3, 0.4) is 0 Å². The standard InChI is InChI=1S/C14H17N5/c1-11-2-3-14(18-17-11)19-9-12(10-19)8-16-13-4-6-15-7-5-13/h2-7,12H,8-10H2,1H3,(H,15,16). The molecular weight excluding hydrogens is 238 g/mol. The second kappa shape index (κ2) is 5.22. The number of nitrogens with one attached hydrogen (secondary N) is 1. The molecule has 0 bridgehead atoms. The van der Waals surface area contributed by atoms with Gasteiger partial charge in [-0.25, -0.2) is 0 Å². The summed E-state index contributed by atoms with van der Waals surface area (Å²) in [6, 6.07) is 8.02. The van der Waals surface area contributed by atoms with E-state index in [1.807, 2.05) is 31.2 Å². The highest BCUT2D eigenvalue weighted by Crippen LogP contribution is 2.22. The Morgan fingerprint density at radius 3 is 2.63 bits per heavy atom. The number of hydrogen-bond acceptors (Lipinski definition) is 5. The summed E-state index contributed by atoms with van der Waals surface area (Å²) < 4.78 is 0. The summed E-state index contributed by atoms with van der Waals surface area (Å²) in [4.78, 5) is 6.26. The topological polar surface area (TPSA) is 53.9 Å². The molecule has 1 saturated heterocycles. The van der Waals surface area contributed by atoms with Crippen LogP contribution in [0.15, 0.2) is 36.7 Å². The van der Waals surface area contributed by atoms with Gasteiger partial charge in [-0.3, -0.25) is 4.98 Å². The molecule has 2 aromatic heterocycles. The van der Waals surface area contributed by atoms with Gasteiger partial charge in [0.2, 0.25) is 0 Å². The summed E-state index contributed by atoms with van der Waals surface area (Å²) in [5, 5.41) is 11.7. The molecule has 1 aliphatic heterocycles. The first-order chi connectivity index (χ1) is 9.31. The van der Waals surface area contributed by atoms with Gasteiger partial charge in [-0.15, -0.1) is 5.10 Å². The zero-order valence-corrected chi connectivity index (χ0v) is 11.0. The molecule has 1 aliphatic rings. The van der Waals surface area contributed by atoms with E-state index in [0.29, 0.717) is 5.92 Å². The molecule has 5 nitrogen and oxygen atoms in total. The molecule has 0 unspecified atom stereocenters. The van der Waals surface area contributed by atoms with Crippen molar-refractivity contribution in [3.63, 3.8) is 0 Å². The number of hydrogen-bond donors (Lipinski definition) is 1. The van der Waals surface area contributed by atoms with Crippen molar-refractivity contribution in [1.29, 1.82) is 0 Å². The lowest BCUT2D eigenvalue weighted by Crippen LogP contribution is -2.50. The van der Waals surface area contributed by atoms with Gasteiger partial charge in [0, 0.05) is 43.6 Å².